The van der Waals surface area contributed by atoms with Crippen LogP contribution in [0.15, 0.2) is 0 Å². The number of nitrogens with one attached hydrogen (secondary N) is 1. The molecule has 0 aromatic heterocycles. The second kappa shape index (κ2) is 7.12. The van der Waals surface area contributed by atoms with Gasteiger partial charge in [-0.3, -0.25) is 0 Å². The molecule has 0 aliphatic carbocycles. The average molecular weight is 296 g/mol. The van der Waals surface area contributed by atoms with Crippen molar-refractivity contribution in [1.82, 2.24) is 5.32 Å². The third-order valence-electron chi connectivity index (χ3n) is 1.54. The minimum absolute atomic E-state index is 0.0720. The summed E-state index contributed by atoms with van der Waals surface area (Å²) in [5.41, 5.74) is -0.472. The molecule has 1 N–H and O–H groups in total. The van der Waals surface area contributed by atoms with E-state index in [-0.39, 0.29) is 12.1 Å². The van der Waals surface area contributed by atoms with E-state index in [0.717, 1.165) is 0 Å². The number of carbonyl (C=O) groups is 1. The van der Waals surface area contributed by atoms with Gasteiger partial charge in [0.2, 0.25) is 0 Å². The monoisotopic (exact) mass is 295 g/mol. The first kappa shape index (κ1) is 15.7. The lowest BCUT2D eigenvalue weighted by Gasteiger charge is -2.23. The number of alkyl halides is 1. The Bertz CT molecular complexity index is 214. The van der Waals surface area contributed by atoms with Crippen LogP contribution in [0, 0.1) is 0 Å². The summed E-state index contributed by atoms with van der Waals surface area (Å²) in [6, 6.07) is -0.0720. The van der Waals surface area contributed by atoms with Crippen molar-refractivity contribution in [2.45, 2.75) is 52.4 Å². The van der Waals surface area contributed by atoms with Crippen LogP contribution in [0.4, 0.5) is 4.79 Å². The first-order valence-electron chi connectivity index (χ1n) is 5.41. The van der Waals surface area contributed by atoms with Crippen molar-refractivity contribution in [1.29, 1.82) is 0 Å². The SMILES string of the molecule is CC(C)OCC(CBr)NC(=O)OC(C)(C)C. The van der Waals surface area contributed by atoms with E-state index in [2.05, 4.69) is 21.2 Å². The Hall–Kier alpha value is -0.290. The smallest absolute Gasteiger partial charge is 0.407 e. The summed E-state index contributed by atoms with van der Waals surface area (Å²) in [5.74, 6) is 0. The Kier molecular flexibility index (Phi) is 6.99. The fourth-order valence-corrected chi connectivity index (χ4v) is 1.26. The third kappa shape index (κ3) is 8.97. The van der Waals surface area contributed by atoms with Crippen molar-refractivity contribution in [3.05, 3.63) is 0 Å². The summed E-state index contributed by atoms with van der Waals surface area (Å²) in [6.45, 7) is 9.89. The van der Waals surface area contributed by atoms with Gasteiger partial charge in [-0.15, -0.1) is 0 Å². The van der Waals surface area contributed by atoms with Gasteiger partial charge >= 0.3 is 6.09 Å². The molecule has 4 nitrogen and oxygen atoms in total. The first-order valence-corrected chi connectivity index (χ1v) is 6.54. The van der Waals surface area contributed by atoms with Gasteiger partial charge in [-0.25, -0.2) is 4.79 Å². The van der Waals surface area contributed by atoms with Gasteiger partial charge in [-0.2, -0.15) is 0 Å². The van der Waals surface area contributed by atoms with Crippen LogP contribution in [0.25, 0.3) is 0 Å². The lowest BCUT2D eigenvalue weighted by atomic mass is 10.2. The van der Waals surface area contributed by atoms with Crippen molar-refractivity contribution >= 4 is 22.0 Å². The Labute approximate surface area is 106 Å². The van der Waals surface area contributed by atoms with Crippen LogP contribution in [0.1, 0.15) is 34.6 Å². The molecule has 0 bridgehead atoms. The fraction of sp³-hybridized carbons (Fsp3) is 0.909. The average Bonchev–Trinajstić information content (AvgIpc) is 2.08. The molecule has 16 heavy (non-hydrogen) atoms. The second-order valence-corrected chi connectivity index (χ2v) is 5.53. The zero-order chi connectivity index (χ0) is 12.8. The van der Waals surface area contributed by atoms with Crippen LogP contribution >= 0.6 is 15.9 Å². The molecule has 1 unspecified atom stereocenters. The lowest BCUT2D eigenvalue weighted by Crippen LogP contribution is -2.42. The van der Waals surface area contributed by atoms with E-state index >= 15 is 0 Å². The highest BCUT2D eigenvalue weighted by Crippen LogP contribution is 2.07. The molecule has 1 atom stereocenters. The molecule has 0 heterocycles. The van der Waals surface area contributed by atoms with Crippen LogP contribution in [0.3, 0.4) is 0 Å². The van der Waals surface area contributed by atoms with E-state index in [0.29, 0.717) is 11.9 Å². The molecule has 96 valence electrons. The molecule has 0 spiro atoms. The van der Waals surface area contributed by atoms with E-state index in [4.69, 9.17) is 9.47 Å². The summed E-state index contributed by atoms with van der Waals surface area (Å²) in [5, 5.41) is 3.38. The fourth-order valence-electron chi connectivity index (χ4n) is 0.908. The predicted octanol–water partition coefficient (Wildman–Crippen LogP) is 2.70. The van der Waals surface area contributed by atoms with Crippen molar-refractivity contribution < 1.29 is 14.3 Å². The highest BCUT2D eigenvalue weighted by molar-refractivity contribution is 9.09. The normalized spacial score (nSPS) is 13.7. The lowest BCUT2D eigenvalue weighted by molar-refractivity contribution is 0.0381. The molecule has 0 saturated heterocycles. The number of hydrogen-bond donors (Lipinski definition) is 1. The molecule has 5 heteroatoms. The number of ether oxygens (including phenoxy) is 2. The Morgan fingerprint density at radius 3 is 2.31 bits per heavy atom. The minimum Gasteiger partial charge on any atom is -0.444 e. The van der Waals surface area contributed by atoms with Gasteiger partial charge in [-0.05, 0) is 34.6 Å². The molecule has 0 saturated carbocycles. The number of rotatable bonds is 5. The molecule has 0 fully saturated rings. The van der Waals surface area contributed by atoms with Crippen molar-refractivity contribution in [2.75, 3.05) is 11.9 Å². The maximum absolute atomic E-state index is 11.5. The molecule has 0 aromatic rings. The highest BCUT2D eigenvalue weighted by atomic mass is 79.9. The molecule has 0 aromatic carbocycles. The van der Waals surface area contributed by atoms with Crippen LogP contribution in [-0.4, -0.2) is 35.8 Å². The summed E-state index contributed by atoms with van der Waals surface area (Å²) >= 11 is 3.32. The van der Waals surface area contributed by atoms with E-state index in [1.54, 1.807) is 0 Å². The van der Waals surface area contributed by atoms with Gasteiger partial charge < -0.3 is 14.8 Å². The molecule has 1 amide bonds. The Balaban J connectivity index is 3.97. The van der Waals surface area contributed by atoms with Gasteiger partial charge in [0.25, 0.3) is 0 Å². The zero-order valence-corrected chi connectivity index (χ0v) is 12.3. The summed E-state index contributed by atoms with van der Waals surface area (Å²) in [4.78, 5) is 11.5. The number of amides is 1. The van der Waals surface area contributed by atoms with E-state index in [9.17, 15) is 4.79 Å². The van der Waals surface area contributed by atoms with Gasteiger partial charge in [0.05, 0.1) is 18.8 Å². The second-order valence-electron chi connectivity index (χ2n) is 4.88. The van der Waals surface area contributed by atoms with Gasteiger partial charge in [0, 0.05) is 5.33 Å². The van der Waals surface area contributed by atoms with Gasteiger partial charge in [0.1, 0.15) is 5.60 Å². The Morgan fingerprint density at radius 2 is 1.94 bits per heavy atom. The summed E-state index contributed by atoms with van der Waals surface area (Å²) in [6.07, 6.45) is -0.258. The third-order valence-corrected chi connectivity index (χ3v) is 2.32. The van der Waals surface area contributed by atoms with Crippen molar-refractivity contribution in [3.63, 3.8) is 0 Å². The van der Waals surface area contributed by atoms with Crippen LogP contribution in [0.2, 0.25) is 0 Å². The van der Waals surface area contributed by atoms with Crippen molar-refractivity contribution in [2.24, 2.45) is 0 Å². The number of carbonyl (C=O) groups excluding carboxylic acids is 1. The molecule has 0 aliphatic heterocycles. The maximum Gasteiger partial charge on any atom is 0.407 e. The van der Waals surface area contributed by atoms with Crippen LogP contribution < -0.4 is 5.32 Å². The van der Waals surface area contributed by atoms with E-state index in [1.165, 1.54) is 0 Å². The van der Waals surface area contributed by atoms with Crippen LogP contribution in [0.5, 0.6) is 0 Å². The van der Waals surface area contributed by atoms with Gasteiger partial charge in [-0.1, -0.05) is 15.9 Å². The highest BCUT2D eigenvalue weighted by Gasteiger charge is 2.19. The maximum atomic E-state index is 11.5. The quantitative estimate of drug-likeness (QED) is 0.794. The minimum atomic E-state index is -0.472. The number of alkyl carbamates (subject to hydrolysis) is 1. The van der Waals surface area contributed by atoms with Crippen molar-refractivity contribution in [3.8, 4) is 0 Å². The molecule has 0 rings (SSSR count). The number of hydrogen-bond acceptors (Lipinski definition) is 3. The van der Waals surface area contributed by atoms with Crippen LogP contribution in [-0.2, 0) is 9.47 Å². The summed E-state index contributed by atoms with van der Waals surface area (Å²) < 4.78 is 10.6. The molecule has 0 aliphatic rings. The van der Waals surface area contributed by atoms with Gasteiger partial charge in [0.15, 0.2) is 0 Å². The predicted molar refractivity (Wildman–Crippen MR) is 68.0 cm³/mol. The molecular formula is C11H22BrNO3. The standard InChI is InChI=1S/C11H22BrNO3/c1-8(2)15-7-9(6-12)13-10(14)16-11(3,4)5/h8-9H,6-7H2,1-5H3,(H,13,14). The largest absolute Gasteiger partial charge is 0.444 e. The first-order chi connectivity index (χ1) is 7.24. The van der Waals surface area contributed by atoms with E-state index < -0.39 is 11.7 Å². The number of halogens is 1. The molecule has 0 radical (unpaired) electrons. The Morgan fingerprint density at radius 1 is 1.38 bits per heavy atom. The topological polar surface area (TPSA) is 47.6 Å². The summed E-state index contributed by atoms with van der Waals surface area (Å²) in [7, 11) is 0. The molecular weight excluding hydrogens is 274 g/mol. The van der Waals surface area contributed by atoms with E-state index in [1.807, 2.05) is 34.6 Å². The zero-order valence-electron chi connectivity index (χ0n) is 10.7.